The minimum absolute atomic E-state index is 0.690. The molecule has 1 aromatic carbocycles. The average Bonchev–Trinajstić information content (AvgIpc) is 2.67. The second-order valence-corrected chi connectivity index (χ2v) is 4.47. The number of rotatable bonds is 4. The van der Waals surface area contributed by atoms with Gasteiger partial charge in [-0.05, 0) is 44.5 Å². The maximum atomic E-state index is 6.05. The number of nitrogen functional groups attached to an aromatic ring is 1. The number of hydrogen-bond donors (Lipinski definition) is 2. The van der Waals surface area contributed by atoms with E-state index in [1.165, 1.54) is 0 Å². The molecule has 2 rings (SSSR count). The van der Waals surface area contributed by atoms with Crippen LogP contribution >= 0.6 is 0 Å². The maximum Gasteiger partial charge on any atom is 0.152 e. The van der Waals surface area contributed by atoms with Crippen LogP contribution < -0.4 is 15.8 Å². The summed E-state index contributed by atoms with van der Waals surface area (Å²) in [6.07, 6.45) is 0. The number of benzene rings is 1. The molecule has 2 aromatic rings. The summed E-state index contributed by atoms with van der Waals surface area (Å²) >= 11 is 0. The molecule has 19 heavy (non-hydrogen) atoms. The lowest BCUT2D eigenvalue weighted by Crippen LogP contribution is -2.04. The van der Waals surface area contributed by atoms with Gasteiger partial charge in [0.2, 0.25) is 0 Å². The monoisotopic (exact) mass is 260 g/mol. The summed E-state index contributed by atoms with van der Waals surface area (Å²) in [7, 11) is 1.67. The van der Waals surface area contributed by atoms with Crippen molar-refractivity contribution >= 4 is 17.2 Å². The van der Waals surface area contributed by atoms with Crippen LogP contribution in [0.3, 0.4) is 0 Å². The first-order valence-electron chi connectivity index (χ1n) is 6.31. The number of ether oxygens (including phenoxy) is 1. The summed E-state index contributed by atoms with van der Waals surface area (Å²) in [5, 5.41) is 7.71. The van der Waals surface area contributed by atoms with E-state index in [1.54, 1.807) is 7.11 Å². The van der Waals surface area contributed by atoms with Gasteiger partial charge in [0.1, 0.15) is 5.75 Å². The fourth-order valence-corrected chi connectivity index (χ4v) is 2.05. The molecule has 1 aromatic heterocycles. The van der Waals surface area contributed by atoms with Crippen LogP contribution in [0.1, 0.15) is 18.2 Å². The van der Waals surface area contributed by atoms with Crippen molar-refractivity contribution in [3.05, 3.63) is 29.5 Å². The first kappa shape index (κ1) is 13.3. The Labute approximate surface area is 113 Å². The first-order valence-corrected chi connectivity index (χ1v) is 6.31. The van der Waals surface area contributed by atoms with Gasteiger partial charge in [0.05, 0.1) is 18.5 Å². The van der Waals surface area contributed by atoms with Crippen molar-refractivity contribution in [1.29, 1.82) is 0 Å². The lowest BCUT2D eigenvalue weighted by Gasteiger charge is -2.11. The Balaban J connectivity index is 2.33. The van der Waals surface area contributed by atoms with Gasteiger partial charge in [0.25, 0.3) is 0 Å². The molecule has 1 heterocycles. The third kappa shape index (κ3) is 2.50. The molecule has 0 unspecified atom stereocenters. The van der Waals surface area contributed by atoms with E-state index in [9.17, 15) is 0 Å². The Morgan fingerprint density at radius 2 is 2.11 bits per heavy atom. The highest BCUT2D eigenvalue weighted by Crippen LogP contribution is 2.28. The van der Waals surface area contributed by atoms with E-state index in [1.807, 2.05) is 43.7 Å². The van der Waals surface area contributed by atoms with E-state index >= 15 is 0 Å². The number of nitrogens with one attached hydrogen (secondary N) is 1. The van der Waals surface area contributed by atoms with Crippen LogP contribution in [0.5, 0.6) is 5.75 Å². The number of methoxy groups -OCH3 is 1. The summed E-state index contributed by atoms with van der Waals surface area (Å²) in [6, 6.07) is 5.93. The summed E-state index contributed by atoms with van der Waals surface area (Å²) in [6.45, 7) is 6.73. The number of aromatic nitrogens is 2. The Kier molecular flexibility index (Phi) is 3.64. The lowest BCUT2D eigenvalue weighted by atomic mass is 10.2. The molecular formula is C14H20N4O. The predicted octanol–water partition coefficient (Wildman–Crippen LogP) is 2.85. The second kappa shape index (κ2) is 5.22. The molecule has 0 atom stereocenters. The molecule has 5 nitrogen and oxygen atoms in total. The third-order valence-corrected chi connectivity index (χ3v) is 3.13. The molecule has 0 saturated carbocycles. The van der Waals surface area contributed by atoms with Crippen LogP contribution in [0.2, 0.25) is 0 Å². The van der Waals surface area contributed by atoms with Crippen molar-refractivity contribution in [2.75, 3.05) is 18.2 Å². The highest BCUT2D eigenvalue weighted by Gasteiger charge is 2.11. The normalized spacial score (nSPS) is 10.5. The van der Waals surface area contributed by atoms with E-state index in [0.717, 1.165) is 35.1 Å². The van der Waals surface area contributed by atoms with Crippen molar-refractivity contribution < 1.29 is 4.74 Å². The molecule has 0 spiro atoms. The smallest absolute Gasteiger partial charge is 0.152 e. The van der Waals surface area contributed by atoms with Crippen molar-refractivity contribution in [3.8, 4) is 5.75 Å². The van der Waals surface area contributed by atoms with Gasteiger partial charge in [-0.2, -0.15) is 5.10 Å². The van der Waals surface area contributed by atoms with Gasteiger partial charge in [-0.25, -0.2) is 4.68 Å². The zero-order chi connectivity index (χ0) is 14.0. The summed E-state index contributed by atoms with van der Waals surface area (Å²) in [5.41, 5.74) is 9.63. The van der Waals surface area contributed by atoms with Crippen molar-refractivity contribution in [2.45, 2.75) is 27.3 Å². The van der Waals surface area contributed by atoms with E-state index in [2.05, 4.69) is 10.4 Å². The number of hydrogen-bond acceptors (Lipinski definition) is 4. The molecule has 3 N–H and O–H groups in total. The van der Waals surface area contributed by atoms with Gasteiger partial charge in [-0.3, -0.25) is 0 Å². The summed E-state index contributed by atoms with van der Waals surface area (Å²) < 4.78 is 7.12. The van der Waals surface area contributed by atoms with Gasteiger partial charge < -0.3 is 15.8 Å². The van der Waals surface area contributed by atoms with Gasteiger partial charge >= 0.3 is 0 Å². The van der Waals surface area contributed by atoms with E-state index in [-0.39, 0.29) is 0 Å². The van der Waals surface area contributed by atoms with Crippen molar-refractivity contribution in [3.63, 3.8) is 0 Å². The molecule has 0 fully saturated rings. The number of aryl methyl sites for hydroxylation is 3. The van der Waals surface area contributed by atoms with Crippen LogP contribution in [0, 0.1) is 13.8 Å². The van der Waals surface area contributed by atoms with Crippen molar-refractivity contribution in [1.82, 2.24) is 9.78 Å². The minimum Gasteiger partial charge on any atom is -0.496 e. The zero-order valence-electron chi connectivity index (χ0n) is 11.8. The zero-order valence-corrected chi connectivity index (χ0v) is 11.8. The topological polar surface area (TPSA) is 65.1 Å². The fraction of sp³-hybridized carbons (Fsp3) is 0.357. The second-order valence-electron chi connectivity index (χ2n) is 4.47. The fourth-order valence-electron chi connectivity index (χ4n) is 2.05. The largest absolute Gasteiger partial charge is 0.496 e. The van der Waals surface area contributed by atoms with E-state index in [4.69, 9.17) is 10.5 Å². The van der Waals surface area contributed by atoms with Crippen LogP contribution in [0.15, 0.2) is 18.2 Å². The van der Waals surface area contributed by atoms with Crippen LogP contribution in [0.4, 0.5) is 17.2 Å². The quantitative estimate of drug-likeness (QED) is 0.887. The van der Waals surface area contributed by atoms with E-state index < -0.39 is 0 Å². The predicted molar refractivity (Wildman–Crippen MR) is 78.1 cm³/mol. The van der Waals surface area contributed by atoms with Crippen molar-refractivity contribution in [2.24, 2.45) is 0 Å². The summed E-state index contributed by atoms with van der Waals surface area (Å²) in [5.74, 6) is 1.71. The molecule has 0 radical (unpaired) electrons. The Morgan fingerprint density at radius 3 is 2.68 bits per heavy atom. The van der Waals surface area contributed by atoms with Gasteiger partial charge in [-0.15, -0.1) is 0 Å². The first-order chi connectivity index (χ1) is 9.06. The molecule has 0 aliphatic heterocycles. The highest BCUT2D eigenvalue weighted by atomic mass is 16.5. The number of nitrogens with two attached hydrogens (primary N) is 1. The Hall–Kier alpha value is -2.17. The average molecular weight is 260 g/mol. The molecule has 0 aliphatic carbocycles. The van der Waals surface area contributed by atoms with Gasteiger partial charge in [0, 0.05) is 12.2 Å². The molecular weight excluding hydrogens is 240 g/mol. The third-order valence-electron chi connectivity index (χ3n) is 3.13. The molecule has 0 saturated heterocycles. The van der Waals surface area contributed by atoms with Gasteiger partial charge in [-0.1, -0.05) is 0 Å². The van der Waals surface area contributed by atoms with Crippen LogP contribution in [0.25, 0.3) is 0 Å². The van der Waals surface area contributed by atoms with E-state index in [0.29, 0.717) is 5.69 Å². The molecule has 0 bridgehead atoms. The Morgan fingerprint density at radius 1 is 1.37 bits per heavy atom. The molecule has 0 aliphatic rings. The maximum absolute atomic E-state index is 6.05. The lowest BCUT2D eigenvalue weighted by molar-refractivity contribution is 0.412. The SMILES string of the molecule is CCn1nc(C)c(N)c1Nc1ccc(OC)c(C)c1. The van der Waals surface area contributed by atoms with Gasteiger partial charge in [0.15, 0.2) is 5.82 Å². The highest BCUT2D eigenvalue weighted by molar-refractivity contribution is 5.71. The summed E-state index contributed by atoms with van der Waals surface area (Å²) in [4.78, 5) is 0. The number of nitrogens with zero attached hydrogens (tertiary/aromatic N) is 2. The number of anilines is 3. The molecule has 0 amide bonds. The molecule has 5 heteroatoms. The standard InChI is InChI=1S/C14H20N4O/c1-5-18-14(13(15)10(3)17-18)16-11-6-7-12(19-4)9(2)8-11/h6-8,16H,5,15H2,1-4H3. The van der Waals surface area contributed by atoms with Crippen LogP contribution in [-0.4, -0.2) is 16.9 Å². The minimum atomic E-state index is 0.690. The van der Waals surface area contributed by atoms with Crippen LogP contribution in [-0.2, 0) is 6.54 Å². The molecule has 102 valence electrons. The Bertz CT molecular complexity index is 589.